The highest BCUT2D eigenvalue weighted by Crippen LogP contribution is 2.41. The molecule has 1 aliphatic heterocycles. The van der Waals surface area contributed by atoms with E-state index >= 15 is 0 Å². The standard InChI is InChI=1S/C17H22ClN3O2S2/c1-9-10(2)19-20-16(9)15-11(3)24-12(4)17(15)25(22,23)21-14-7-5-6-13(18)8-14/h5-10,16,19-21H,1-4H3. The van der Waals surface area contributed by atoms with Gasteiger partial charge in [0.15, 0.2) is 0 Å². The van der Waals surface area contributed by atoms with Gasteiger partial charge in [-0.3, -0.25) is 10.1 Å². The summed E-state index contributed by atoms with van der Waals surface area (Å²) >= 11 is 7.49. The highest BCUT2D eigenvalue weighted by molar-refractivity contribution is 7.93. The molecule has 2 aromatic rings. The molecule has 5 nitrogen and oxygen atoms in total. The molecule has 1 fully saturated rings. The summed E-state index contributed by atoms with van der Waals surface area (Å²) in [5.41, 5.74) is 7.77. The molecular formula is C17H22ClN3O2S2. The Labute approximate surface area is 157 Å². The first kappa shape index (κ1) is 18.7. The van der Waals surface area contributed by atoms with Crippen molar-refractivity contribution in [2.75, 3.05) is 4.72 Å². The number of hydrogen-bond donors (Lipinski definition) is 3. The van der Waals surface area contributed by atoms with Crippen LogP contribution in [0.1, 0.15) is 35.2 Å². The van der Waals surface area contributed by atoms with Crippen molar-refractivity contribution in [2.24, 2.45) is 5.92 Å². The van der Waals surface area contributed by atoms with Crippen molar-refractivity contribution >= 4 is 38.6 Å². The number of nitrogens with one attached hydrogen (secondary N) is 3. The number of anilines is 1. The first-order valence-electron chi connectivity index (χ1n) is 8.10. The maximum atomic E-state index is 13.1. The van der Waals surface area contributed by atoms with Gasteiger partial charge in [-0.25, -0.2) is 13.8 Å². The average molecular weight is 400 g/mol. The van der Waals surface area contributed by atoms with Gasteiger partial charge in [-0.05, 0) is 44.9 Å². The minimum atomic E-state index is -3.71. The number of halogens is 1. The van der Waals surface area contributed by atoms with Crippen LogP contribution < -0.4 is 15.6 Å². The molecule has 136 valence electrons. The minimum absolute atomic E-state index is 0.0501. The lowest BCUT2D eigenvalue weighted by molar-refractivity contribution is 0.469. The van der Waals surface area contributed by atoms with E-state index in [1.165, 1.54) is 11.3 Å². The van der Waals surface area contributed by atoms with Crippen LogP contribution in [0, 0.1) is 19.8 Å². The second kappa shape index (κ2) is 6.89. The predicted octanol–water partition coefficient (Wildman–Crippen LogP) is 3.99. The van der Waals surface area contributed by atoms with E-state index in [1.807, 2.05) is 13.8 Å². The molecular weight excluding hydrogens is 378 g/mol. The SMILES string of the molecule is Cc1sc(C)c(S(=O)(=O)Nc2cccc(Cl)c2)c1C1NNC(C)C1C. The molecule has 0 radical (unpaired) electrons. The highest BCUT2D eigenvalue weighted by atomic mass is 35.5. The van der Waals surface area contributed by atoms with E-state index in [4.69, 9.17) is 11.6 Å². The molecule has 8 heteroatoms. The van der Waals surface area contributed by atoms with Gasteiger partial charge in [0.1, 0.15) is 4.90 Å². The average Bonchev–Trinajstić information content (AvgIpc) is 2.98. The van der Waals surface area contributed by atoms with Gasteiger partial charge in [-0.1, -0.05) is 24.6 Å². The third kappa shape index (κ3) is 3.57. The molecule has 0 saturated carbocycles. The fourth-order valence-electron chi connectivity index (χ4n) is 3.24. The van der Waals surface area contributed by atoms with Crippen molar-refractivity contribution in [3.05, 3.63) is 44.6 Å². The molecule has 2 heterocycles. The minimum Gasteiger partial charge on any atom is -0.280 e. The lowest BCUT2D eigenvalue weighted by atomic mass is 9.92. The molecule has 3 N–H and O–H groups in total. The van der Waals surface area contributed by atoms with Gasteiger partial charge in [0.05, 0.1) is 11.7 Å². The molecule has 3 rings (SSSR count). The van der Waals surface area contributed by atoms with E-state index in [1.54, 1.807) is 24.3 Å². The summed E-state index contributed by atoms with van der Waals surface area (Å²) in [5.74, 6) is 0.271. The Balaban J connectivity index is 2.04. The van der Waals surface area contributed by atoms with Gasteiger partial charge in [0.2, 0.25) is 0 Å². The molecule has 3 unspecified atom stereocenters. The zero-order chi connectivity index (χ0) is 18.4. The van der Waals surface area contributed by atoms with Crippen molar-refractivity contribution in [3.63, 3.8) is 0 Å². The van der Waals surface area contributed by atoms with Gasteiger partial charge in [0.25, 0.3) is 10.0 Å². The number of aryl methyl sites for hydroxylation is 2. The fourth-order valence-corrected chi connectivity index (χ4v) is 6.44. The molecule has 0 bridgehead atoms. The van der Waals surface area contributed by atoms with Crippen molar-refractivity contribution in [2.45, 2.75) is 44.7 Å². The number of sulfonamides is 1. The zero-order valence-corrected chi connectivity index (χ0v) is 16.9. The van der Waals surface area contributed by atoms with Crippen LogP contribution in [0.4, 0.5) is 5.69 Å². The van der Waals surface area contributed by atoms with E-state index in [0.29, 0.717) is 15.6 Å². The van der Waals surface area contributed by atoms with Crippen LogP contribution in [-0.2, 0) is 10.0 Å². The Bertz CT molecular complexity index is 895. The summed E-state index contributed by atoms with van der Waals surface area (Å²) in [6.45, 7) is 8.03. The van der Waals surface area contributed by atoms with Gasteiger partial charge in [0, 0.05) is 26.4 Å². The molecule has 1 aromatic carbocycles. The monoisotopic (exact) mass is 399 g/mol. The van der Waals surface area contributed by atoms with E-state index < -0.39 is 10.0 Å². The van der Waals surface area contributed by atoms with Crippen molar-refractivity contribution in [1.29, 1.82) is 0 Å². The fraction of sp³-hybridized carbons (Fsp3) is 0.412. The zero-order valence-electron chi connectivity index (χ0n) is 14.6. The van der Waals surface area contributed by atoms with Gasteiger partial charge >= 0.3 is 0 Å². The quantitative estimate of drug-likeness (QED) is 0.726. The lowest BCUT2D eigenvalue weighted by Gasteiger charge is -2.19. The third-order valence-corrected chi connectivity index (χ3v) is 7.66. The van der Waals surface area contributed by atoms with Crippen LogP contribution in [0.25, 0.3) is 0 Å². The number of hydrazine groups is 1. The molecule has 0 spiro atoms. The first-order valence-corrected chi connectivity index (χ1v) is 10.8. The lowest BCUT2D eigenvalue weighted by Crippen LogP contribution is -2.29. The Hall–Kier alpha value is -1.12. The molecule has 0 aliphatic carbocycles. The van der Waals surface area contributed by atoms with Crippen LogP contribution in [0.15, 0.2) is 29.2 Å². The van der Waals surface area contributed by atoms with E-state index in [9.17, 15) is 8.42 Å². The van der Waals surface area contributed by atoms with Crippen LogP contribution in [0.2, 0.25) is 5.02 Å². The Morgan fingerprint density at radius 3 is 2.48 bits per heavy atom. The topological polar surface area (TPSA) is 70.2 Å². The molecule has 25 heavy (non-hydrogen) atoms. The Morgan fingerprint density at radius 1 is 1.16 bits per heavy atom. The van der Waals surface area contributed by atoms with Gasteiger partial charge in [-0.2, -0.15) is 0 Å². The van der Waals surface area contributed by atoms with Crippen molar-refractivity contribution in [3.8, 4) is 0 Å². The van der Waals surface area contributed by atoms with Crippen LogP contribution in [-0.4, -0.2) is 14.5 Å². The number of rotatable bonds is 4. The molecule has 1 saturated heterocycles. The number of thiophene rings is 1. The number of benzene rings is 1. The third-order valence-electron chi connectivity index (χ3n) is 4.69. The maximum absolute atomic E-state index is 13.1. The van der Waals surface area contributed by atoms with Crippen LogP contribution >= 0.6 is 22.9 Å². The van der Waals surface area contributed by atoms with Crippen LogP contribution in [0.3, 0.4) is 0 Å². The van der Waals surface area contributed by atoms with Crippen molar-refractivity contribution in [1.82, 2.24) is 10.9 Å². The second-order valence-electron chi connectivity index (χ2n) is 6.49. The van der Waals surface area contributed by atoms with E-state index in [0.717, 1.165) is 15.3 Å². The van der Waals surface area contributed by atoms with Crippen molar-refractivity contribution < 1.29 is 8.42 Å². The van der Waals surface area contributed by atoms with E-state index in [2.05, 4.69) is 29.4 Å². The summed E-state index contributed by atoms with van der Waals surface area (Å²) in [7, 11) is -3.71. The Kier molecular flexibility index (Phi) is 5.14. The summed E-state index contributed by atoms with van der Waals surface area (Å²) in [6.07, 6.45) is 0. The second-order valence-corrected chi connectivity index (χ2v) is 9.97. The summed E-state index contributed by atoms with van der Waals surface area (Å²) in [6, 6.07) is 6.94. The summed E-state index contributed by atoms with van der Waals surface area (Å²) in [4.78, 5) is 2.18. The van der Waals surface area contributed by atoms with Gasteiger partial charge < -0.3 is 0 Å². The molecule has 1 aromatic heterocycles. The summed E-state index contributed by atoms with van der Waals surface area (Å²) in [5, 5.41) is 0.489. The first-order chi connectivity index (χ1) is 11.7. The largest absolute Gasteiger partial charge is 0.280 e. The van der Waals surface area contributed by atoms with Gasteiger partial charge in [-0.15, -0.1) is 11.3 Å². The molecule has 1 aliphatic rings. The van der Waals surface area contributed by atoms with E-state index in [-0.39, 0.29) is 18.0 Å². The smallest absolute Gasteiger partial charge is 0.263 e. The highest BCUT2D eigenvalue weighted by Gasteiger charge is 2.37. The summed E-state index contributed by atoms with van der Waals surface area (Å²) < 4.78 is 28.9. The maximum Gasteiger partial charge on any atom is 0.263 e. The number of hydrogen-bond acceptors (Lipinski definition) is 5. The van der Waals surface area contributed by atoms with Crippen LogP contribution in [0.5, 0.6) is 0 Å². The normalized spacial score (nSPS) is 23.8. The predicted molar refractivity (Wildman–Crippen MR) is 104 cm³/mol. The molecule has 0 amide bonds. The Morgan fingerprint density at radius 2 is 1.88 bits per heavy atom. The molecule has 3 atom stereocenters.